The molecule has 2 bridgehead atoms. The van der Waals surface area contributed by atoms with Gasteiger partial charge in [-0.15, -0.1) is 0 Å². The van der Waals surface area contributed by atoms with Gasteiger partial charge in [0.1, 0.15) is 12.8 Å². The number of nitrogens with zero attached hydrogens (tertiary/aromatic N) is 1. The van der Waals surface area contributed by atoms with E-state index in [2.05, 4.69) is 5.32 Å². The maximum atomic E-state index is 14.5. The number of fused-ring (bicyclic) bond motifs is 2. The molecule has 2 amide bonds. The lowest BCUT2D eigenvalue weighted by Crippen LogP contribution is -2.59. The molecular weight excluding hydrogens is 303 g/mol. The number of alkyl halides is 1. The zero-order valence-electron chi connectivity index (χ0n) is 12.5. The monoisotopic (exact) mass is 322 g/mol. The van der Waals surface area contributed by atoms with Crippen LogP contribution in [0.4, 0.5) is 14.0 Å². The third-order valence-corrected chi connectivity index (χ3v) is 4.56. The van der Waals surface area contributed by atoms with E-state index in [4.69, 9.17) is 9.84 Å². The summed E-state index contributed by atoms with van der Waals surface area (Å²) in [5, 5.41) is 11.7. The fourth-order valence-electron chi connectivity index (χ4n) is 3.50. The molecule has 2 saturated heterocycles. The highest BCUT2D eigenvalue weighted by atomic mass is 19.1. The molecule has 2 heterocycles. The number of nitrogens with one attached hydrogen (secondary N) is 1. The Morgan fingerprint density at radius 1 is 1.30 bits per heavy atom. The molecule has 2 fully saturated rings. The SMILES string of the molecule is O=C(N[C@@H]1C[C@H]2CC[C@@H]([C@H]1F)N2C(=O)O)OCc1ccccc1. The molecule has 124 valence electrons. The average molecular weight is 322 g/mol. The molecule has 0 spiro atoms. The summed E-state index contributed by atoms with van der Waals surface area (Å²) in [6.07, 6.45) is -1.77. The van der Waals surface area contributed by atoms with Crippen LogP contribution in [0, 0.1) is 0 Å². The lowest BCUT2D eigenvalue weighted by molar-refractivity contribution is 0.0387. The summed E-state index contributed by atoms with van der Waals surface area (Å²) in [6, 6.07) is 7.60. The van der Waals surface area contributed by atoms with Crippen molar-refractivity contribution in [2.75, 3.05) is 0 Å². The van der Waals surface area contributed by atoms with E-state index in [0.717, 1.165) is 5.56 Å². The number of alkyl carbamates (subject to hydrolysis) is 1. The molecule has 23 heavy (non-hydrogen) atoms. The highest BCUT2D eigenvalue weighted by molar-refractivity contribution is 5.69. The second-order valence-electron chi connectivity index (χ2n) is 5.98. The normalized spacial score (nSPS) is 29.2. The molecule has 0 unspecified atom stereocenters. The number of rotatable bonds is 3. The van der Waals surface area contributed by atoms with Crippen molar-refractivity contribution in [1.29, 1.82) is 0 Å². The van der Waals surface area contributed by atoms with E-state index >= 15 is 0 Å². The standard InChI is InChI=1S/C16H19FN2O4/c17-14-12(8-11-6-7-13(14)19(11)16(21)22)18-15(20)23-9-10-4-2-1-3-5-10/h1-5,11-14H,6-9H2,(H,18,20)(H,21,22)/t11-,12-,13+,14+/m1/s1. The molecule has 0 aromatic heterocycles. The maximum absolute atomic E-state index is 14.5. The van der Waals surface area contributed by atoms with Gasteiger partial charge in [-0.3, -0.25) is 4.90 Å². The van der Waals surface area contributed by atoms with Crippen LogP contribution in [0.5, 0.6) is 0 Å². The number of halogens is 1. The molecule has 2 aliphatic rings. The van der Waals surface area contributed by atoms with E-state index < -0.39 is 30.4 Å². The first-order valence-corrected chi connectivity index (χ1v) is 7.69. The van der Waals surface area contributed by atoms with E-state index in [1.807, 2.05) is 30.3 Å². The van der Waals surface area contributed by atoms with Gasteiger partial charge in [0, 0.05) is 6.04 Å². The van der Waals surface area contributed by atoms with Gasteiger partial charge in [-0.1, -0.05) is 30.3 Å². The summed E-state index contributed by atoms with van der Waals surface area (Å²) in [4.78, 5) is 24.2. The van der Waals surface area contributed by atoms with Crippen LogP contribution in [-0.2, 0) is 11.3 Å². The summed E-state index contributed by atoms with van der Waals surface area (Å²) >= 11 is 0. The molecule has 6 nitrogen and oxygen atoms in total. The van der Waals surface area contributed by atoms with Crippen LogP contribution in [-0.4, -0.2) is 46.5 Å². The van der Waals surface area contributed by atoms with Gasteiger partial charge < -0.3 is 15.2 Å². The quantitative estimate of drug-likeness (QED) is 0.896. The van der Waals surface area contributed by atoms with E-state index in [9.17, 15) is 14.0 Å². The van der Waals surface area contributed by atoms with Gasteiger partial charge in [0.05, 0.1) is 12.1 Å². The van der Waals surface area contributed by atoms with E-state index in [1.54, 1.807) is 0 Å². The van der Waals surface area contributed by atoms with Crippen LogP contribution in [0.3, 0.4) is 0 Å². The van der Waals surface area contributed by atoms with Crippen molar-refractivity contribution in [3.63, 3.8) is 0 Å². The predicted molar refractivity (Wildman–Crippen MR) is 79.7 cm³/mol. The summed E-state index contributed by atoms with van der Waals surface area (Å²) in [6.45, 7) is 0.116. The molecule has 0 saturated carbocycles. The van der Waals surface area contributed by atoms with E-state index in [-0.39, 0.29) is 19.1 Å². The molecule has 4 atom stereocenters. The topological polar surface area (TPSA) is 78.9 Å². The number of carbonyl (C=O) groups excluding carboxylic acids is 1. The minimum absolute atomic E-state index is 0.116. The number of amides is 2. The largest absolute Gasteiger partial charge is 0.465 e. The third kappa shape index (κ3) is 3.23. The number of hydrogen-bond acceptors (Lipinski definition) is 3. The highest BCUT2D eigenvalue weighted by Gasteiger charge is 2.50. The minimum atomic E-state index is -1.41. The molecule has 1 aromatic rings. The van der Waals surface area contributed by atoms with Crippen LogP contribution in [0.1, 0.15) is 24.8 Å². The Morgan fingerprint density at radius 3 is 2.74 bits per heavy atom. The van der Waals surface area contributed by atoms with E-state index in [1.165, 1.54) is 4.90 Å². The van der Waals surface area contributed by atoms with Crippen molar-refractivity contribution in [2.45, 2.75) is 50.2 Å². The molecular formula is C16H19FN2O4. The lowest BCUT2D eigenvalue weighted by Gasteiger charge is -2.39. The molecule has 2 aliphatic heterocycles. The predicted octanol–water partition coefficient (Wildman–Crippen LogP) is 2.53. The first kappa shape index (κ1) is 15.6. The summed E-state index contributed by atoms with van der Waals surface area (Å²) in [5.74, 6) is 0. The van der Waals surface area contributed by atoms with Crippen molar-refractivity contribution < 1.29 is 23.8 Å². The van der Waals surface area contributed by atoms with Crippen LogP contribution >= 0.6 is 0 Å². The van der Waals surface area contributed by atoms with E-state index in [0.29, 0.717) is 12.8 Å². The number of carbonyl (C=O) groups is 2. The number of ether oxygens (including phenoxy) is 1. The van der Waals surface area contributed by atoms with Crippen LogP contribution in [0.2, 0.25) is 0 Å². The molecule has 0 radical (unpaired) electrons. The first-order chi connectivity index (χ1) is 11.1. The number of piperidine rings is 1. The Kier molecular flexibility index (Phi) is 4.36. The van der Waals surface area contributed by atoms with Gasteiger partial charge in [0.15, 0.2) is 0 Å². The average Bonchev–Trinajstić information content (AvgIpc) is 2.89. The van der Waals surface area contributed by atoms with Gasteiger partial charge in [0.25, 0.3) is 0 Å². The molecule has 7 heteroatoms. The summed E-state index contributed by atoms with van der Waals surface area (Å²) in [7, 11) is 0. The van der Waals surface area contributed by atoms with Crippen molar-refractivity contribution in [2.24, 2.45) is 0 Å². The molecule has 0 aliphatic carbocycles. The highest BCUT2D eigenvalue weighted by Crippen LogP contribution is 2.37. The molecule has 2 N–H and O–H groups in total. The molecule has 3 rings (SSSR count). The molecule has 1 aromatic carbocycles. The third-order valence-electron chi connectivity index (χ3n) is 4.56. The van der Waals surface area contributed by atoms with Crippen LogP contribution < -0.4 is 5.32 Å². The van der Waals surface area contributed by atoms with Crippen LogP contribution in [0.15, 0.2) is 30.3 Å². The lowest BCUT2D eigenvalue weighted by atomic mass is 9.96. The van der Waals surface area contributed by atoms with Crippen LogP contribution in [0.25, 0.3) is 0 Å². The van der Waals surface area contributed by atoms with Crippen molar-refractivity contribution in [3.05, 3.63) is 35.9 Å². The second kappa shape index (κ2) is 6.44. The van der Waals surface area contributed by atoms with Crippen molar-refractivity contribution >= 4 is 12.2 Å². The Labute approximate surface area is 133 Å². The summed E-state index contributed by atoms with van der Waals surface area (Å²) in [5.41, 5.74) is 0.847. The Bertz CT molecular complexity index is 583. The maximum Gasteiger partial charge on any atom is 0.407 e. The number of carboxylic acid groups (broad SMARTS) is 1. The Balaban J connectivity index is 1.54. The fourth-order valence-corrected chi connectivity index (χ4v) is 3.50. The minimum Gasteiger partial charge on any atom is -0.465 e. The Hall–Kier alpha value is -2.31. The summed E-state index contributed by atoms with van der Waals surface area (Å²) < 4.78 is 19.6. The van der Waals surface area contributed by atoms with Gasteiger partial charge >= 0.3 is 12.2 Å². The number of benzene rings is 1. The second-order valence-corrected chi connectivity index (χ2v) is 5.98. The zero-order chi connectivity index (χ0) is 16.4. The van der Waals surface area contributed by atoms with Gasteiger partial charge in [-0.05, 0) is 24.8 Å². The van der Waals surface area contributed by atoms with Gasteiger partial charge in [-0.2, -0.15) is 0 Å². The first-order valence-electron chi connectivity index (χ1n) is 7.69. The van der Waals surface area contributed by atoms with Crippen molar-refractivity contribution in [3.8, 4) is 0 Å². The smallest absolute Gasteiger partial charge is 0.407 e. The fraction of sp³-hybridized carbons (Fsp3) is 0.500. The number of hydrogen-bond donors (Lipinski definition) is 2. The van der Waals surface area contributed by atoms with Crippen molar-refractivity contribution in [1.82, 2.24) is 10.2 Å². The van der Waals surface area contributed by atoms with Gasteiger partial charge in [0.2, 0.25) is 0 Å². The van der Waals surface area contributed by atoms with Gasteiger partial charge in [-0.25, -0.2) is 14.0 Å². The Morgan fingerprint density at radius 2 is 2.04 bits per heavy atom. The zero-order valence-corrected chi connectivity index (χ0v) is 12.5.